The van der Waals surface area contributed by atoms with Crippen molar-refractivity contribution in [3.8, 4) is 5.75 Å². The normalized spacial score (nSPS) is 14.7. The van der Waals surface area contributed by atoms with E-state index in [4.69, 9.17) is 9.73 Å². The summed E-state index contributed by atoms with van der Waals surface area (Å²) in [6.45, 7) is 8.55. The fourth-order valence-corrected chi connectivity index (χ4v) is 3.40. The van der Waals surface area contributed by atoms with E-state index < -0.39 is 0 Å². The largest absolute Gasteiger partial charge is 0.497 e. The van der Waals surface area contributed by atoms with Gasteiger partial charge in [0.1, 0.15) is 11.6 Å². The Morgan fingerprint density at radius 3 is 2.48 bits per heavy atom. The van der Waals surface area contributed by atoms with E-state index in [0.29, 0.717) is 6.54 Å². The first kappa shape index (κ1) is 25.2. The van der Waals surface area contributed by atoms with Gasteiger partial charge in [-0.2, -0.15) is 0 Å². The van der Waals surface area contributed by atoms with Gasteiger partial charge in [-0.1, -0.05) is 12.1 Å². The second kappa shape index (κ2) is 13.4. The standard InChI is InChI=1S/C23H34N6O.HI/c1-4-24-23(26-12-9-19-5-7-21(30-3)8-6-19)27-18-20-10-11-25-22(17-20)29-15-13-28(2)14-16-29;/h5-8,10-11,17H,4,9,12-16,18H2,1-3H3,(H2,24,26,27);1H. The zero-order valence-electron chi connectivity index (χ0n) is 18.8. The summed E-state index contributed by atoms with van der Waals surface area (Å²) >= 11 is 0. The van der Waals surface area contributed by atoms with Crippen LogP contribution in [0.25, 0.3) is 0 Å². The second-order valence-electron chi connectivity index (χ2n) is 7.53. The van der Waals surface area contributed by atoms with Gasteiger partial charge in [-0.05, 0) is 55.8 Å². The van der Waals surface area contributed by atoms with Crippen molar-refractivity contribution in [2.24, 2.45) is 4.99 Å². The van der Waals surface area contributed by atoms with Crippen LogP contribution in [0.15, 0.2) is 47.6 Å². The van der Waals surface area contributed by atoms with E-state index in [1.165, 1.54) is 11.1 Å². The van der Waals surface area contributed by atoms with Crippen LogP contribution in [0.5, 0.6) is 5.75 Å². The number of aliphatic imine (C=N–C) groups is 1. The minimum Gasteiger partial charge on any atom is -0.497 e. The number of hydrogen-bond donors (Lipinski definition) is 2. The molecule has 0 aliphatic carbocycles. The van der Waals surface area contributed by atoms with E-state index in [1.807, 2.05) is 24.4 Å². The lowest BCUT2D eigenvalue weighted by atomic mass is 10.1. The summed E-state index contributed by atoms with van der Waals surface area (Å²) in [5, 5.41) is 6.75. The molecule has 2 aromatic rings. The van der Waals surface area contributed by atoms with Crippen molar-refractivity contribution in [3.63, 3.8) is 0 Å². The lowest BCUT2D eigenvalue weighted by Crippen LogP contribution is -2.44. The zero-order chi connectivity index (χ0) is 21.2. The molecule has 1 saturated heterocycles. The number of guanidine groups is 1. The van der Waals surface area contributed by atoms with Gasteiger partial charge in [0.2, 0.25) is 0 Å². The highest BCUT2D eigenvalue weighted by atomic mass is 127. The number of ether oxygens (including phenoxy) is 1. The number of rotatable bonds is 8. The van der Waals surface area contributed by atoms with Crippen molar-refractivity contribution in [1.29, 1.82) is 0 Å². The molecule has 8 heteroatoms. The molecule has 1 aliphatic rings. The Bertz CT molecular complexity index is 806. The zero-order valence-corrected chi connectivity index (χ0v) is 21.1. The average molecular weight is 538 g/mol. The third-order valence-corrected chi connectivity index (χ3v) is 5.27. The van der Waals surface area contributed by atoms with Crippen LogP contribution in [0.1, 0.15) is 18.1 Å². The molecular formula is C23H35IN6O. The molecule has 0 saturated carbocycles. The molecule has 1 aliphatic heterocycles. The third-order valence-electron chi connectivity index (χ3n) is 5.27. The van der Waals surface area contributed by atoms with Crippen molar-refractivity contribution in [1.82, 2.24) is 20.5 Å². The van der Waals surface area contributed by atoms with Crippen molar-refractivity contribution in [2.75, 3.05) is 58.3 Å². The van der Waals surface area contributed by atoms with Gasteiger partial charge in [-0.3, -0.25) is 0 Å². The molecule has 0 amide bonds. The summed E-state index contributed by atoms with van der Waals surface area (Å²) in [6, 6.07) is 12.4. The van der Waals surface area contributed by atoms with Gasteiger partial charge in [0.25, 0.3) is 0 Å². The SMILES string of the molecule is CCNC(=NCc1ccnc(N2CCN(C)CC2)c1)NCCc1ccc(OC)cc1.I. The summed E-state index contributed by atoms with van der Waals surface area (Å²) in [5.41, 5.74) is 2.44. The molecule has 0 unspecified atom stereocenters. The summed E-state index contributed by atoms with van der Waals surface area (Å²) in [4.78, 5) is 14.0. The highest BCUT2D eigenvalue weighted by molar-refractivity contribution is 14.0. The summed E-state index contributed by atoms with van der Waals surface area (Å²) in [5.74, 6) is 2.77. The second-order valence-corrected chi connectivity index (χ2v) is 7.53. The summed E-state index contributed by atoms with van der Waals surface area (Å²) in [7, 11) is 3.85. The maximum atomic E-state index is 5.22. The average Bonchev–Trinajstić information content (AvgIpc) is 2.78. The van der Waals surface area contributed by atoms with Gasteiger partial charge >= 0.3 is 0 Å². The Labute approximate surface area is 203 Å². The van der Waals surface area contributed by atoms with Crippen LogP contribution in [0.4, 0.5) is 5.82 Å². The lowest BCUT2D eigenvalue weighted by molar-refractivity contribution is 0.312. The molecule has 1 aromatic heterocycles. The number of nitrogens with zero attached hydrogens (tertiary/aromatic N) is 4. The number of anilines is 1. The third kappa shape index (κ3) is 8.17. The maximum absolute atomic E-state index is 5.22. The van der Waals surface area contributed by atoms with Crippen molar-refractivity contribution < 1.29 is 4.74 Å². The predicted octanol–water partition coefficient (Wildman–Crippen LogP) is 2.76. The Morgan fingerprint density at radius 1 is 1.06 bits per heavy atom. The van der Waals surface area contributed by atoms with Crippen LogP contribution in [-0.4, -0.2) is 69.3 Å². The van der Waals surface area contributed by atoms with E-state index >= 15 is 0 Å². The maximum Gasteiger partial charge on any atom is 0.191 e. The Morgan fingerprint density at radius 2 is 1.81 bits per heavy atom. The first-order chi connectivity index (χ1) is 14.7. The number of benzene rings is 1. The van der Waals surface area contributed by atoms with Gasteiger partial charge in [-0.25, -0.2) is 9.98 Å². The van der Waals surface area contributed by atoms with E-state index in [0.717, 1.165) is 63.2 Å². The van der Waals surface area contributed by atoms with Gasteiger partial charge in [0.05, 0.1) is 13.7 Å². The number of halogens is 1. The van der Waals surface area contributed by atoms with Gasteiger partial charge in [0.15, 0.2) is 5.96 Å². The topological polar surface area (TPSA) is 65.0 Å². The molecule has 31 heavy (non-hydrogen) atoms. The van der Waals surface area contributed by atoms with Crippen molar-refractivity contribution in [3.05, 3.63) is 53.7 Å². The molecule has 170 valence electrons. The smallest absolute Gasteiger partial charge is 0.191 e. The fraction of sp³-hybridized carbons (Fsp3) is 0.478. The van der Waals surface area contributed by atoms with Gasteiger partial charge < -0.3 is 25.2 Å². The van der Waals surface area contributed by atoms with Crippen LogP contribution >= 0.6 is 24.0 Å². The molecule has 0 radical (unpaired) electrons. The molecule has 1 fully saturated rings. The number of likely N-dealkylation sites (N-methyl/N-ethyl adjacent to an activating group) is 1. The number of pyridine rings is 1. The Kier molecular flexibility index (Phi) is 10.9. The van der Waals surface area contributed by atoms with Crippen LogP contribution < -0.4 is 20.3 Å². The molecule has 7 nitrogen and oxygen atoms in total. The van der Waals surface area contributed by atoms with Crippen LogP contribution in [0.2, 0.25) is 0 Å². The van der Waals surface area contributed by atoms with Crippen molar-refractivity contribution in [2.45, 2.75) is 19.9 Å². The van der Waals surface area contributed by atoms with Crippen molar-refractivity contribution >= 4 is 35.8 Å². The van der Waals surface area contributed by atoms with E-state index in [-0.39, 0.29) is 24.0 Å². The molecule has 0 bridgehead atoms. The predicted molar refractivity (Wildman–Crippen MR) is 139 cm³/mol. The molecular weight excluding hydrogens is 503 g/mol. The Balaban J connectivity index is 0.00000341. The monoisotopic (exact) mass is 538 g/mol. The summed E-state index contributed by atoms with van der Waals surface area (Å²) < 4.78 is 5.22. The first-order valence-electron chi connectivity index (χ1n) is 10.7. The minimum absolute atomic E-state index is 0. The molecule has 1 aromatic carbocycles. The number of aromatic nitrogens is 1. The van der Waals surface area contributed by atoms with E-state index in [1.54, 1.807) is 7.11 Å². The van der Waals surface area contributed by atoms with Gasteiger partial charge in [0, 0.05) is 45.5 Å². The highest BCUT2D eigenvalue weighted by Gasteiger charge is 2.15. The first-order valence-corrected chi connectivity index (χ1v) is 10.7. The fourth-order valence-electron chi connectivity index (χ4n) is 3.40. The minimum atomic E-state index is 0. The van der Waals surface area contributed by atoms with Gasteiger partial charge in [-0.15, -0.1) is 24.0 Å². The van der Waals surface area contributed by atoms with Crippen LogP contribution in [0.3, 0.4) is 0 Å². The number of piperazine rings is 1. The number of nitrogens with one attached hydrogen (secondary N) is 2. The Hall–Kier alpha value is -2.07. The van der Waals surface area contributed by atoms with Crippen LogP contribution in [-0.2, 0) is 13.0 Å². The molecule has 0 atom stereocenters. The molecule has 3 rings (SSSR count). The summed E-state index contributed by atoms with van der Waals surface area (Å²) in [6.07, 6.45) is 2.82. The van der Waals surface area contributed by atoms with Crippen LogP contribution in [0, 0.1) is 0 Å². The lowest BCUT2D eigenvalue weighted by Gasteiger charge is -2.33. The number of hydrogen-bond acceptors (Lipinski definition) is 5. The molecule has 2 N–H and O–H groups in total. The highest BCUT2D eigenvalue weighted by Crippen LogP contribution is 2.15. The van der Waals surface area contributed by atoms with E-state index in [9.17, 15) is 0 Å². The molecule has 2 heterocycles. The number of methoxy groups -OCH3 is 1. The van der Waals surface area contributed by atoms with E-state index in [2.05, 4.69) is 57.6 Å². The molecule has 0 spiro atoms. The quantitative estimate of drug-likeness (QED) is 0.306.